The molecule has 1 aliphatic carbocycles. The second-order valence-corrected chi connectivity index (χ2v) is 4.73. The number of aromatic hydroxyl groups is 1. The standard InChI is InChI=1S/C14H21NO3/c1-9(14(17-2)18-3)15-12-8-7-11-10(12)5-4-6-13(11)16/h4-6,9,12,14-16H,7-8H2,1-3H3. The fourth-order valence-corrected chi connectivity index (χ4v) is 2.71. The van der Waals surface area contributed by atoms with Crippen LogP contribution in [0.25, 0.3) is 0 Å². The zero-order valence-electron chi connectivity index (χ0n) is 11.1. The van der Waals surface area contributed by atoms with E-state index in [2.05, 4.69) is 11.4 Å². The van der Waals surface area contributed by atoms with Crippen LogP contribution in [0.15, 0.2) is 18.2 Å². The number of hydrogen-bond donors (Lipinski definition) is 2. The molecule has 2 rings (SSSR count). The van der Waals surface area contributed by atoms with Crippen LogP contribution in [-0.2, 0) is 15.9 Å². The summed E-state index contributed by atoms with van der Waals surface area (Å²) in [6, 6.07) is 6.06. The molecule has 100 valence electrons. The molecule has 0 heterocycles. The summed E-state index contributed by atoms with van der Waals surface area (Å²) in [5.41, 5.74) is 2.25. The molecule has 4 nitrogen and oxygen atoms in total. The van der Waals surface area contributed by atoms with Crippen molar-refractivity contribution in [1.29, 1.82) is 0 Å². The quantitative estimate of drug-likeness (QED) is 0.786. The van der Waals surface area contributed by atoms with E-state index in [-0.39, 0.29) is 18.4 Å². The lowest BCUT2D eigenvalue weighted by Crippen LogP contribution is -2.41. The number of hydrogen-bond acceptors (Lipinski definition) is 4. The van der Waals surface area contributed by atoms with Crippen LogP contribution in [0.1, 0.15) is 30.5 Å². The first-order chi connectivity index (χ1) is 8.67. The van der Waals surface area contributed by atoms with E-state index in [1.165, 1.54) is 5.56 Å². The number of nitrogens with one attached hydrogen (secondary N) is 1. The molecule has 4 heteroatoms. The molecular weight excluding hydrogens is 230 g/mol. The third-order valence-corrected chi connectivity index (χ3v) is 3.58. The molecule has 1 aliphatic rings. The molecule has 2 atom stereocenters. The Labute approximate surface area is 108 Å². The summed E-state index contributed by atoms with van der Waals surface area (Å²) in [4.78, 5) is 0. The number of benzene rings is 1. The van der Waals surface area contributed by atoms with Crippen molar-refractivity contribution in [3.05, 3.63) is 29.3 Å². The molecule has 0 saturated heterocycles. The van der Waals surface area contributed by atoms with E-state index in [1.54, 1.807) is 20.3 Å². The number of rotatable bonds is 5. The number of phenols is 1. The van der Waals surface area contributed by atoms with Gasteiger partial charge in [0.05, 0.1) is 6.04 Å². The van der Waals surface area contributed by atoms with Crippen molar-refractivity contribution >= 4 is 0 Å². The highest BCUT2D eigenvalue weighted by molar-refractivity contribution is 5.44. The van der Waals surface area contributed by atoms with E-state index in [1.807, 2.05) is 13.0 Å². The monoisotopic (exact) mass is 251 g/mol. The van der Waals surface area contributed by atoms with Crippen LogP contribution in [0.4, 0.5) is 0 Å². The van der Waals surface area contributed by atoms with Crippen LogP contribution in [0.2, 0.25) is 0 Å². The van der Waals surface area contributed by atoms with Gasteiger partial charge in [-0.3, -0.25) is 0 Å². The Morgan fingerprint density at radius 2 is 2.06 bits per heavy atom. The highest BCUT2D eigenvalue weighted by atomic mass is 16.7. The van der Waals surface area contributed by atoms with Crippen LogP contribution >= 0.6 is 0 Å². The predicted octanol–water partition coefficient (Wildman–Crippen LogP) is 1.98. The van der Waals surface area contributed by atoms with Gasteiger partial charge in [-0.2, -0.15) is 0 Å². The maximum atomic E-state index is 9.81. The minimum atomic E-state index is -0.258. The van der Waals surface area contributed by atoms with Gasteiger partial charge in [-0.1, -0.05) is 12.1 Å². The molecule has 0 spiro atoms. The molecule has 2 unspecified atom stereocenters. The SMILES string of the molecule is COC(OC)C(C)NC1CCc2c(O)cccc21. The average molecular weight is 251 g/mol. The fraction of sp³-hybridized carbons (Fsp3) is 0.571. The second kappa shape index (κ2) is 5.69. The summed E-state index contributed by atoms with van der Waals surface area (Å²) in [6.45, 7) is 2.04. The van der Waals surface area contributed by atoms with E-state index in [4.69, 9.17) is 9.47 Å². The predicted molar refractivity (Wildman–Crippen MR) is 69.6 cm³/mol. The van der Waals surface area contributed by atoms with E-state index < -0.39 is 0 Å². The van der Waals surface area contributed by atoms with Crippen LogP contribution in [0.5, 0.6) is 5.75 Å². The largest absolute Gasteiger partial charge is 0.508 e. The van der Waals surface area contributed by atoms with Gasteiger partial charge in [-0.05, 0) is 37.0 Å². The maximum Gasteiger partial charge on any atom is 0.171 e. The van der Waals surface area contributed by atoms with E-state index in [0.717, 1.165) is 18.4 Å². The first kappa shape index (κ1) is 13.3. The highest BCUT2D eigenvalue weighted by Crippen LogP contribution is 2.36. The van der Waals surface area contributed by atoms with E-state index in [0.29, 0.717) is 5.75 Å². The molecule has 0 bridgehead atoms. The molecule has 2 N–H and O–H groups in total. The summed E-state index contributed by atoms with van der Waals surface area (Å²) >= 11 is 0. The number of methoxy groups -OCH3 is 2. The van der Waals surface area contributed by atoms with Gasteiger partial charge in [-0.25, -0.2) is 0 Å². The third-order valence-electron chi connectivity index (χ3n) is 3.58. The van der Waals surface area contributed by atoms with Crippen molar-refractivity contribution in [3.63, 3.8) is 0 Å². The molecule has 0 amide bonds. The summed E-state index contributed by atoms with van der Waals surface area (Å²) in [7, 11) is 3.28. The smallest absolute Gasteiger partial charge is 0.171 e. The zero-order valence-corrected chi connectivity index (χ0v) is 11.1. The minimum Gasteiger partial charge on any atom is -0.508 e. The minimum absolute atomic E-state index is 0.0956. The average Bonchev–Trinajstić information content (AvgIpc) is 2.76. The van der Waals surface area contributed by atoms with Crippen LogP contribution in [0, 0.1) is 0 Å². The van der Waals surface area contributed by atoms with Gasteiger partial charge in [0.2, 0.25) is 0 Å². The Kier molecular flexibility index (Phi) is 4.22. The molecule has 1 aromatic carbocycles. The van der Waals surface area contributed by atoms with Gasteiger partial charge >= 0.3 is 0 Å². The molecule has 0 fully saturated rings. The number of ether oxygens (including phenoxy) is 2. The Bertz CT molecular complexity index is 404. The third kappa shape index (κ3) is 2.51. The molecule has 18 heavy (non-hydrogen) atoms. The van der Waals surface area contributed by atoms with Crippen molar-refractivity contribution in [2.45, 2.75) is 38.1 Å². The van der Waals surface area contributed by atoms with Crippen molar-refractivity contribution < 1.29 is 14.6 Å². The maximum absolute atomic E-state index is 9.81. The highest BCUT2D eigenvalue weighted by Gasteiger charge is 2.27. The Hall–Kier alpha value is -1.10. The Morgan fingerprint density at radius 1 is 1.33 bits per heavy atom. The van der Waals surface area contributed by atoms with Crippen molar-refractivity contribution in [2.24, 2.45) is 0 Å². The zero-order chi connectivity index (χ0) is 13.1. The van der Waals surface area contributed by atoms with Crippen molar-refractivity contribution in [2.75, 3.05) is 14.2 Å². The van der Waals surface area contributed by atoms with Gasteiger partial charge in [-0.15, -0.1) is 0 Å². The normalized spacial score (nSPS) is 20.1. The van der Waals surface area contributed by atoms with Crippen LogP contribution < -0.4 is 5.32 Å². The number of fused-ring (bicyclic) bond motifs is 1. The van der Waals surface area contributed by atoms with Crippen LogP contribution in [-0.4, -0.2) is 31.7 Å². The lowest BCUT2D eigenvalue weighted by molar-refractivity contribution is -0.121. The van der Waals surface area contributed by atoms with Gasteiger partial charge in [0, 0.05) is 20.3 Å². The summed E-state index contributed by atoms with van der Waals surface area (Å²) < 4.78 is 10.5. The molecule has 0 aliphatic heterocycles. The Morgan fingerprint density at radius 3 is 2.72 bits per heavy atom. The molecule has 0 radical (unpaired) electrons. The summed E-state index contributed by atoms with van der Waals surface area (Å²) in [6.07, 6.45) is 1.65. The second-order valence-electron chi connectivity index (χ2n) is 4.73. The Balaban J connectivity index is 2.08. The van der Waals surface area contributed by atoms with E-state index >= 15 is 0 Å². The van der Waals surface area contributed by atoms with Crippen molar-refractivity contribution in [1.82, 2.24) is 5.32 Å². The van der Waals surface area contributed by atoms with Gasteiger partial charge < -0.3 is 19.9 Å². The molecule has 0 aromatic heterocycles. The summed E-state index contributed by atoms with van der Waals surface area (Å²) in [5.74, 6) is 0.402. The van der Waals surface area contributed by atoms with Crippen LogP contribution in [0.3, 0.4) is 0 Å². The fourth-order valence-electron chi connectivity index (χ4n) is 2.71. The molecule has 1 aromatic rings. The van der Waals surface area contributed by atoms with Gasteiger partial charge in [0.1, 0.15) is 5.75 Å². The lowest BCUT2D eigenvalue weighted by atomic mass is 10.1. The van der Waals surface area contributed by atoms with Gasteiger partial charge in [0.25, 0.3) is 0 Å². The molecule has 0 saturated carbocycles. The molecular formula is C14H21NO3. The number of phenolic OH excluding ortho intramolecular Hbond substituents is 1. The van der Waals surface area contributed by atoms with Gasteiger partial charge in [0.15, 0.2) is 6.29 Å². The summed E-state index contributed by atoms with van der Waals surface area (Å²) in [5, 5.41) is 13.3. The topological polar surface area (TPSA) is 50.7 Å². The first-order valence-corrected chi connectivity index (χ1v) is 6.29. The first-order valence-electron chi connectivity index (χ1n) is 6.29. The lowest BCUT2D eigenvalue weighted by Gasteiger charge is -2.26. The van der Waals surface area contributed by atoms with Crippen molar-refractivity contribution in [3.8, 4) is 5.75 Å². The van der Waals surface area contributed by atoms with E-state index in [9.17, 15) is 5.11 Å².